The quantitative estimate of drug-likeness (QED) is 0.821. The van der Waals surface area contributed by atoms with Gasteiger partial charge in [0.15, 0.2) is 0 Å². The van der Waals surface area contributed by atoms with Crippen LogP contribution >= 0.6 is 11.8 Å². The van der Waals surface area contributed by atoms with Crippen LogP contribution in [0.1, 0.15) is 19.4 Å². The van der Waals surface area contributed by atoms with E-state index in [4.69, 9.17) is 0 Å². The van der Waals surface area contributed by atoms with Gasteiger partial charge in [-0.15, -0.1) is 0 Å². The molecule has 0 amide bonds. The minimum absolute atomic E-state index is 0.151. The summed E-state index contributed by atoms with van der Waals surface area (Å²) in [4.78, 5) is 0. The molecule has 0 heterocycles. The van der Waals surface area contributed by atoms with E-state index in [1.807, 2.05) is 17.8 Å². The molecule has 0 saturated heterocycles. The van der Waals surface area contributed by atoms with E-state index < -0.39 is 0 Å². The van der Waals surface area contributed by atoms with E-state index in [9.17, 15) is 4.39 Å². The molecule has 1 rings (SSSR count). The highest BCUT2D eigenvalue weighted by Gasteiger charge is 2.07. The fraction of sp³-hybridized carbons (Fsp3) is 0.538. The Balaban J connectivity index is 2.42. The zero-order valence-corrected chi connectivity index (χ0v) is 11.0. The van der Waals surface area contributed by atoms with Crippen LogP contribution < -0.4 is 5.32 Å². The highest BCUT2D eigenvalue weighted by atomic mass is 32.2. The first kappa shape index (κ1) is 13.5. The molecule has 1 aromatic carbocycles. The lowest BCUT2D eigenvalue weighted by Crippen LogP contribution is -2.37. The number of nitrogens with one attached hydrogen (secondary N) is 1. The van der Waals surface area contributed by atoms with Crippen molar-refractivity contribution in [3.8, 4) is 0 Å². The normalized spacial score (nSPS) is 14.8. The van der Waals surface area contributed by atoms with Gasteiger partial charge in [-0.05, 0) is 44.2 Å². The topological polar surface area (TPSA) is 12.0 Å². The lowest BCUT2D eigenvalue weighted by Gasteiger charge is -2.19. The number of thioether (sulfide) groups is 1. The highest BCUT2D eigenvalue weighted by molar-refractivity contribution is 7.98. The van der Waals surface area contributed by atoms with Crippen LogP contribution in [-0.2, 0) is 6.42 Å². The van der Waals surface area contributed by atoms with Gasteiger partial charge in [0.05, 0.1) is 0 Å². The molecule has 3 heteroatoms. The molecule has 0 aromatic heterocycles. The van der Waals surface area contributed by atoms with Crippen LogP contribution in [0.4, 0.5) is 4.39 Å². The van der Waals surface area contributed by atoms with Crippen molar-refractivity contribution in [3.63, 3.8) is 0 Å². The number of benzene rings is 1. The molecular formula is C13H20FNS. The second-order valence-corrected chi connectivity index (χ2v) is 5.17. The van der Waals surface area contributed by atoms with Crippen molar-refractivity contribution in [2.24, 2.45) is 0 Å². The molecule has 16 heavy (non-hydrogen) atoms. The van der Waals surface area contributed by atoms with Crippen molar-refractivity contribution in [1.82, 2.24) is 5.32 Å². The molecule has 0 radical (unpaired) electrons. The average Bonchev–Trinajstić information content (AvgIpc) is 2.17. The second-order valence-electron chi connectivity index (χ2n) is 4.26. The monoisotopic (exact) mass is 241 g/mol. The molecule has 1 nitrogen and oxygen atoms in total. The van der Waals surface area contributed by atoms with Crippen LogP contribution in [0.3, 0.4) is 0 Å². The van der Waals surface area contributed by atoms with Crippen molar-refractivity contribution in [2.75, 3.05) is 12.0 Å². The Bertz CT molecular complexity index is 317. The van der Waals surface area contributed by atoms with E-state index in [1.165, 1.54) is 6.07 Å². The summed E-state index contributed by atoms with van der Waals surface area (Å²) in [7, 11) is 0. The maximum absolute atomic E-state index is 13.0. The van der Waals surface area contributed by atoms with E-state index in [0.717, 1.165) is 17.7 Å². The van der Waals surface area contributed by atoms with Gasteiger partial charge in [-0.25, -0.2) is 4.39 Å². The molecule has 0 aliphatic heterocycles. The van der Waals surface area contributed by atoms with Gasteiger partial charge in [-0.2, -0.15) is 11.8 Å². The molecule has 0 bridgehead atoms. The molecule has 0 aliphatic rings. The first-order valence-corrected chi connectivity index (χ1v) is 7.00. The number of halogens is 1. The summed E-state index contributed by atoms with van der Waals surface area (Å²) in [5.41, 5.74) is 1.05. The molecular weight excluding hydrogens is 221 g/mol. The minimum Gasteiger partial charge on any atom is -0.311 e. The van der Waals surface area contributed by atoms with Gasteiger partial charge < -0.3 is 5.32 Å². The van der Waals surface area contributed by atoms with E-state index >= 15 is 0 Å². The number of hydrogen-bond acceptors (Lipinski definition) is 2. The van der Waals surface area contributed by atoms with E-state index in [1.54, 1.807) is 12.1 Å². The number of rotatable bonds is 6. The highest BCUT2D eigenvalue weighted by Crippen LogP contribution is 2.07. The predicted octanol–water partition coefficient (Wildman–Crippen LogP) is 3.10. The molecule has 1 N–H and O–H groups in total. The van der Waals surface area contributed by atoms with Gasteiger partial charge >= 0.3 is 0 Å². The van der Waals surface area contributed by atoms with Crippen LogP contribution in [0.5, 0.6) is 0 Å². The maximum atomic E-state index is 13.0. The first-order valence-electron chi connectivity index (χ1n) is 5.61. The predicted molar refractivity (Wildman–Crippen MR) is 70.5 cm³/mol. The van der Waals surface area contributed by atoms with Gasteiger partial charge in [0.2, 0.25) is 0 Å². The van der Waals surface area contributed by atoms with Gasteiger partial charge in [0.1, 0.15) is 5.82 Å². The Morgan fingerprint density at radius 3 is 2.69 bits per heavy atom. The van der Waals surface area contributed by atoms with Crippen LogP contribution in [0.2, 0.25) is 0 Å². The Morgan fingerprint density at radius 2 is 2.06 bits per heavy atom. The standard InChI is InChI=1S/C13H20FNS/c1-10(15-11(2)9-16-3)7-12-5-4-6-13(14)8-12/h4-6,8,10-11,15H,7,9H2,1-3H3. The molecule has 2 unspecified atom stereocenters. The van der Waals surface area contributed by atoms with E-state index in [0.29, 0.717) is 12.1 Å². The first-order chi connectivity index (χ1) is 7.61. The van der Waals surface area contributed by atoms with Gasteiger partial charge in [-0.3, -0.25) is 0 Å². The lowest BCUT2D eigenvalue weighted by molar-refractivity contribution is 0.491. The van der Waals surface area contributed by atoms with Crippen LogP contribution in [0.25, 0.3) is 0 Å². The lowest BCUT2D eigenvalue weighted by atomic mass is 10.1. The summed E-state index contributed by atoms with van der Waals surface area (Å²) < 4.78 is 13.0. The molecule has 2 atom stereocenters. The fourth-order valence-corrected chi connectivity index (χ4v) is 2.46. The Kier molecular flexibility index (Phi) is 5.85. The largest absolute Gasteiger partial charge is 0.311 e. The molecule has 0 saturated carbocycles. The summed E-state index contributed by atoms with van der Waals surface area (Å²) in [6.45, 7) is 4.32. The van der Waals surface area contributed by atoms with E-state index in [-0.39, 0.29) is 5.82 Å². The Morgan fingerprint density at radius 1 is 1.31 bits per heavy atom. The van der Waals surface area contributed by atoms with Crippen LogP contribution in [0, 0.1) is 5.82 Å². The molecule has 1 aromatic rings. The summed E-state index contributed by atoms with van der Waals surface area (Å²) in [5.74, 6) is 0.954. The van der Waals surface area contributed by atoms with E-state index in [2.05, 4.69) is 25.4 Å². The fourth-order valence-electron chi connectivity index (χ4n) is 1.86. The van der Waals surface area contributed by atoms with Crippen molar-refractivity contribution >= 4 is 11.8 Å². The van der Waals surface area contributed by atoms with Crippen molar-refractivity contribution < 1.29 is 4.39 Å². The van der Waals surface area contributed by atoms with Gasteiger partial charge in [0, 0.05) is 17.8 Å². The third-order valence-electron chi connectivity index (χ3n) is 2.42. The average molecular weight is 241 g/mol. The second kappa shape index (κ2) is 6.92. The Hall–Kier alpha value is -0.540. The van der Waals surface area contributed by atoms with Crippen molar-refractivity contribution in [2.45, 2.75) is 32.4 Å². The van der Waals surface area contributed by atoms with Crippen molar-refractivity contribution in [1.29, 1.82) is 0 Å². The van der Waals surface area contributed by atoms with Crippen LogP contribution in [0.15, 0.2) is 24.3 Å². The van der Waals surface area contributed by atoms with Gasteiger partial charge in [0.25, 0.3) is 0 Å². The molecule has 0 aliphatic carbocycles. The third kappa shape index (κ3) is 4.99. The SMILES string of the molecule is CSCC(C)NC(C)Cc1cccc(F)c1. The third-order valence-corrected chi connectivity index (χ3v) is 3.25. The minimum atomic E-state index is -0.151. The molecule has 0 spiro atoms. The Labute approximate surface area is 102 Å². The van der Waals surface area contributed by atoms with Crippen molar-refractivity contribution in [3.05, 3.63) is 35.6 Å². The summed E-state index contributed by atoms with van der Waals surface area (Å²) in [6, 6.07) is 7.71. The van der Waals surface area contributed by atoms with Crippen LogP contribution in [-0.4, -0.2) is 24.1 Å². The summed E-state index contributed by atoms with van der Waals surface area (Å²) >= 11 is 1.84. The van der Waals surface area contributed by atoms with Gasteiger partial charge in [-0.1, -0.05) is 12.1 Å². The summed E-state index contributed by atoms with van der Waals surface area (Å²) in [6.07, 6.45) is 2.98. The smallest absolute Gasteiger partial charge is 0.123 e. The molecule has 0 fully saturated rings. The summed E-state index contributed by atoms with van der Waals surface area (Å²) in [5, 5.41) is 3.51. The zero-order chi connectivity index (χ0) is 12.0. The zero-order valence-electron chi connectivity index (χ0n) is 10.2. The maximum Gasteiger partial charge on any atom is 0.123 e. The number of hydrogen-bond donors (Lipinski definition) is 1. The molecule has 90 valence electrons.